The number of phenolic OH excluding ortho intramolecular Hbond substituents is 1. The average Bonchev–Trinajstić information content (AvgIpc) is 2.67. The summed E-state index contributed by atoms with van der Waals surface area (Å²) in [5, 5.41) is 17.7. The van der Waals surface area contributed by atoms with Gasteiger partial charge in [0.2, 0.25) is 0 Å². The van der Waals surface area contributed by atoms with Gasteiger partial charge in [-0.1, -0.05) is 0 Å². The highest BCUT2D eigenvalue weighted by molar-refractivity contribution is 7.80. The molecular weight excluding hydrogens is 363 g/mol. The van der Waals surface area contributed by atoms with Crippen molar-refractivity contribution in [3.05, 3.63) is 59.4 Å². The van der Waals surface area contributed by atoms with Crippen LogP contribution in [0, 0.1) is 5.82 Å². The average molecular weight is 390 g/mol. The number of hydrazone groups is 1. The van der Waals surface area contributed by atoms with Crippen LogP contribution < -0.4 is 15.6 Å². The molecule has 27 heavy (non-hydrogen) atoms. The van der Waals surface area contributed by atoms with Gasteiger partial charge in [0.1, 0.15) is 18.1 Å². The minimum atomic E-state index is -0.303. The molecule has 0 saturated heterocycles. The highest BCUT2D eigenvalue weighted by Crippen LogP contribution is 2.18. The standard InChI is InChI=1S/C20H25FN4OS/c1-4-25(5-2)13-16-12-15(6-11-19(16)26)14(3)23-24-20(27)22-18-9-7-17(21)8-10-18/h6-12,26H,4-5,13H2,1-3H3,(H2,22,24,27)/p+1/b23-14+. The molecule has 4 N–H and O–H groups in total. The molecule has 0 fully saturated rings. The quantitative estimate of drug-likeness (QED) is 0.334. The minimum absolute atomic E-state index is 0.299. The van der Waals surface area contributed by atoms with E-state index in [4.69, 9.17) is 12.2 Å². The first-order chi connectivity index (χ1) is 12.9. The molecule has 7 heteroatoms. The Labute approximate surface area is 164 Å². The molecule has 2 rings (SSSR count). The monoisotopic (exact) mass is 389 g/mol. The van der Waals surface area contributed by atoms with Crippen molar-refractivity contribution in [2.45, 2.75) is 27.3 Å². The number of hydrogen-bond acceptors (Lipinski definition) is 3. The van der Waals surface area contributed by atoms with Crippen LogP contribution in [-0.2, 0) is 6.54 Å². The zero-order valence-electron chi connectivity index (χ0n) is 15.8. The number of anilines is 1. The number of nitrogens with one attached hydrogen (secondary N) is 3. The molecule has 0 saturated carbocycles. The highest BCUT2D eigenvalue weighted by Gasteiger charge is 2.11. The lowest BCUT2D eigenvalue weighted by Crippen LogP contribution is -3.10. The second-order valence-corrected chi connectivity index (χ2v) is 6.66. The van der Waals surface area contributed by atoms with Crippen LogP contribution in [0.3, 0.4) is 0 Å². The lowest BCUT2D eigenvalue weighted by atomic mass is 10.1. The topological polar surface area (TPSA) is 61.1 Å². The summed E-state index contributed by atoms with van der Waals surface area (Å²) in [7, 11) is 0. The van der Waals surface area contributed by atoms with Crippen LogP contribution in [0.5, 0.6) is 5.75 Å². The van der Waals surface area contributed by atoms with E-state index in [1.807, 2.05) is 19.1 Å². The number of aromatic hydroxyl groups is 1. The molecular formula is C20H26FN4OS+. The van der Waals surface area contributed by atoms with Gasteiger partial charge in [-0.2, -0.15) is 5.10 Å². The van der Waals surface area contributed by atoms with Gasteiger partial charge in [-0.15, -0.1) is 0 Å². The van der Waals surface area contributed by atoms with Crippen molar-refractivity contribution >= 4 is 28.7 Å². The van der Waals surface area contributed by atoms with E-state index in [2.05, 4.69) is 29.7 Å². The van der Waals surface area contributed by atoms with Crippen LogP contribution in [0.25, 0.3) is 0 Å². The third-order valence-corrected chi connectivity index (χ3v) is 4.56. The molecule has 2 aromatic rings. The van der Waals surface area contributed by atoms with Crippen molar-refractivity contribution < 1.29 is 14.4 Å². The summed E-state index contributed by atoms with van der Waals surface area (Å²) in [6.45, 7) is 8.89. The normalized spacial score (nSPS) is 11.5. The van der Waals surface area contributed by atoms with E-state index in [1.54, 1.807) is 18.2 Å². The molecule has 0 aliphatic carbocycles. The summed E-state index contributed by atoms with van der Waals surface area (Å²) < 4.78 is 12.9. The number of thiocarbonyl (C=S) groups is 1. The van der Waals surface area contributed by atoms with E-state index < -0.39 is 0 Å². The maximum atomic E-state index is 12.9. The number of phenols is 1. The summed E-state index contributed by atoms with van der Waals surface area (Å²) in [5.74, 6) is -0.00428. The van der Waals surface area contributed by atoms with Crippen molar-refractivity contribution in [1.29, 1.82) is 0 Å². The lowest BCUT2D eigenvalue weighted by Gasteiger charge is -2.16. The van der Waals surface area contributed by atoms with Crippen LogP contribution in [0.15, 0.2) is 47.6 Å². The Morgan fingerprint density at radius 1 is 1.15 bits per heavy atom. The maximum Gasteiger partial charge on any atom is 0.191 e. The predicted molar refractivity (Wildman–Crippen MR) is 112 cm³/mol. The van der Waals surface area contributed by atoms with Gasteiger partial charge in [-0.3, -0.25) is 5.43 Å². The van der Waals surface area contributed by atoms with Gasteiger partial charge >= 0.3 is 0 Å². The van der Waals surface area contributed by atoms with Gasteiger partial charge in [-0.25, -0.2) is 4.39 Å². The number of rotatable bonds is 7. The van der Waals surface area contributed by atoms with Crippen molar-refractivity contribution in [2.24, 2.45) is 5.10 Å². The molecule has 0 aliphatic rings. The smallest absolute Gasteiger partial charge is 0.191 e. The summed E-state index contributed by atoms with van der Waals surface area (Å²) in [5.41, 5.74) is 6.01. The number of benzene rings is 2. The molecule has 0 spiro atoms. The van der Waals surface area contributed by atoms with E-state index in [1.165, 1.54) is 17.0 Å². The fourth-order valence-electron chi connectivity index (χ4n) is 2.61. The molecule has 0 bridgehead atoms. The highest BCUT2D eigenvalue weighted by atomic mass is 32.1. The van der Waals surface area contributed by atoms with Crippen molar-refractivity contribution in [3.8, 4) is 5.75 Å². The van der Waals surface area contributed by atoms with Gasteiger partial charge < -0.3 is 15.3 Å². The third kappa shape index (κ3) is 6.30. The van der Waals surface area contributed by atoms with Crippen molar-refractivity contribution in [1.82, 2.24) is 5.43 Å². The van der Waals surface area contributed by atoms with Gasteiger partial charge in [0.25, 0.3) is 0 Å². The summed E-state index contributed by atoms with van der Waals surface area (Å²) in [4.78, 5) is 1.39. The molecule has 0 unspecified atom stereocenters. The zero-order valence-corrected chi connectivity index (χ0v) is 16.7. The summed E-state index contributed by atoms with van der Waals surface area (Å²) in [6.07, 6.45) is 0. The van der Waals surface area contributed by atoms with Crippen LogP contribution in [-0.4, -0.2) is 29.0 Å². The third-order valence-electron chi connectivity index (χ3n) is 4.36. The number of halogens is 1. The molecule has 0 aromatic heterocycles. The van der Waals surface area contributed by atoms with Crippen LogP contribution >= 0.6 is 12.2 Å². The molecule has 2 aromatic carbocycles. The van der Waals surface area contributed by atoms with Gasteiger partial charge in [-0.05, 0) is 81.0 Å². The maximum absolute atomic E-state index is 12.9. The fourth-order valence-corrected chi connectivity index (χ4v) is 2.78. The Morgan fingerprint density at radius 2 is 1.81 bits per heavy atom. The van der Waals surface area contributed by atoms with Crippen LogP contribution in [0.2, 0.25) is 0 Å². The van der Waals surface area contributed by atoms with E-state index in [9.17, 15) is 9.50 Å². The van der Waals surface area contributed by atoms with Gasteiger partial charge in [0.05, 0.1) is 18.8 Å². The number of quaternary nitrogens is 1. The Morgan fingerprint density at radius 3 is 2.44 bits per heavy atom. The lowest BCUT2D eigenvalue weighted by molar-refractivity contribution is -0.910. The van der Waals surface area contributed by atoms with Gasteiger partial charge in [0.15, 0.2) is 5.11 Å². The number of hydrogen-bond donors (Lipinski definition) is 4. The Balaban J connectivity index is 2.04. The summed E-state index contributed by atoms with van der Waals surface area (Å²) in [6, 6.07) is 11.4. The largest absolute Gasteiger partial charge is 0.507 e. The SMILES string of the molecule is CC[NH+](CC)Cc1cc(/C(C)=N/NC(=S)Nc2ccc(F)cc2)ccc1O. The first-order valence-corrected chi connectivity index (χ1v) is 9.36. The Kier molecular flexibility index (Phi) is 7.69. The molecule has 0 heterocycles. The van der Waals surface area contributed by atoms with E-state index in [0.717, 1.165) is 36.5 Å². The zero-order chi connectivity index (χ0) is 19.8. The first-order valence-electron chi connectivity index (χ1n) is 8.95. The van der Waals surface area contributed by atoms with E-state index in [-0.39, 0.29) is 5.82 Å². The number of nitrogens with zero attached hydrogens (tertiary/aromatic N) is 1. The molecule has 144 valence electrons. The molecule has 0 radical (unpaired) electrons. The first kappa shape index (κ1) is 20.8. The van der Waals surface area contributed by atoms with Crippen LogP contribution in [0.4, 0.5) is 10.1 Å². The minimum Gasteiger partial charge on any atom is -0.507 e. The molecule has 0 amide bonds. The van der Waals surface area contributed by atoms with Crippen molar-refractivity contribution in [2.75, 3.05) is 18.4 Å². The Hall–Kier alpha value is -2.51. The fraction of sp³-hybridized carbons (Fsp3) is 0.300. The van der Waals surface area contributed by atoms with Gasteiger partial charge in [0, 0.05) is 11.3 Å². The van der Waals surface area contributed by atoms with Crippen molar-refractivity contribution in [3.63, 3.8) is 0 Å². The van der Waals surface area contributed by atoms with E-state index in [0.29, 0.717) is 16.5 Å². The predicted octanol–water partition coefficient (Wildman–Crippen LogP) is 2.67. The molecule has 0 atom stereocenters. The Bertz CT molecular complexity index is 804. The summed E-state index contributed by atoms with van der Waals surface area (Å²) >= 11 is 5.21. The second-order valence-electron chi connectivity index (χ2n) is 6.25. The second kappa shape index (κ2) is 9.99. The van der Waals surface area contributed by atoms with E-state index >= 15 is 0 Å². The molecule has 5 nitrogen and oxygen atoms in total. The van der Waals surface area contributed by atoms with Crippen LogP contribution in [0.1, 0.15) is 31.9 Å². The molecule has 0 aliphatic heterocycles.